The fourth-order valence-corrected chi connectivity index (χ4v) is 2.12. The number of hydrazine groups is 1. The van der Waals surface area contributed by atoms with Crippen molar-refractivity contribution in [2.75, 3.05) is 0 Å². The number of aryl methyl sites for hydroxylation is 1. The van der Waals surface area contributed by atoms with Gasteiger partial charge in [0.1, 0.15) is 5.82 Å². The first-order valence-electron chi connectivity index (χ1n) is 6.07. The van der Waals surface area contributed by atoms with E-state index >= 15 is 0 Å². The standard InChI is InChI=1S/C13H13N5O2/c1-8-15-10-4-2-3-5-12(10)18(8)7-9-6-11(17-20-9)13(19)16-14/h2-6H,7,14H2,1H3,(H,16,19). The fraction of sp³-hybridized carbons (Fsp3) is 0.154. The van der Waals surface area contributed by atoms with Crippen LogP contribution >= 0.6 is 0 Å². The Morgan fingerprint density at radius 1 is 1.45 bits per heavy atom. The number of imidazole rings is 1. The Balaban J connectivity index is 1.95. The van der Waals surface area contributed by atoms with Crippen molar-refractivity contribution in [2.24, 2.45) is 5.84 Å². The summed E-state index contributed by atoms with van der Waals surface area (Å²) in [4.78, 5) is 15.8. The summed E-state index contributed by atoms with van der Waals surface area (Å²) >= 11 is 0. The molecular weight excluding hydrogens is 258 g/mol. The minimum Gasteiger partial charge on any atom is -0.359 e. The molecule has 0 fully saturated rings. The number of hydrogen-bond acceptors (Lipinski definition) is 5. The molecule has 1 amide bonds. The Hall–Kier alpha value is -2.67. The number of carbonyl (C=O) groups excluding carboxylic acids is 1. The average molecular weight is 271 g/mol. The summed E-state index contributed by atoms with van der Waals surface area (Å²) in [6, 6.07) is 9.40. The van der Waals surface area contributed by atoms with E-state index in [1.165, 1.54) is 0 Å². The van der Waals surface area contributed by atoms with Gasteiger partial charge in [-0.05, 0) is 19.1 Å². The van der Waals surface area contributed by atoms with Gasteiger partial charge >= 0.3 is 0 Å². The van der Waals surface area contributed by atoms with Crippen molar-refractivity contribution in [3.05, 3.63) is 47.6 Å². The number of para-hydroxylation sites is 2. The Morgan fingerprint density at radius 3 is 3.05 bits per heavy atom. The highest BCUT2D eigenvalue weighted by Gasteiger charge is 2.13. The highest BCUT2D eigenvalue weighted by Crippen LogP contribution is 2.17. The van der Waals surface area contributed by atoms with E-state index in [1.54, 1.807) is 6.07 Å². The van der Waals surface area contributed by atoms with E-state index in [0.29, 0.717) is 12.3 Å². The number of nitrogen functional groups attached to an aromatic ring is 1. The molecule has 7 nitrogen and oxygen atoms in total. The molecule has 20 heavy (non-hydrogen) atoms. The number of nitrogens with zero attached hydrogens (tertiary/aromatic N) is 3. The van der Waals surface area contributed by atoms with E-state index in [0.717, 1.165) is 16.9 Å². The molecule has 0 saturated carbocycles. The predicted octanol–water partition coefficient (Wildman–Crippen LogP) is 0.985. The maximum Gasteiger partial charge on any atom is 0.287 e. The second-order valence-electron chi connectivity index (χ2n) is 4.39. The van der Waals surface area contributed by atoms with E-state index in [2.05, 4.69) is 10.1 Å². The van der Waals surface area contributed by atoms with Crippen molar-refractivity contribution in [3.8, 4) is 0 Å². The number of carbonyl (C=O) groups is 1. The first-order valence-corrected chi connectivity index (χ1v) is 6.07. The van der Waals surface area contributed by atoms with Gasteiger partial charge in [0.05, 0.1) is 17.6 Å². The summed E-state index contributed by atoms with van der Waals surface area (Å²) in [6.07, 6.45) is 0. The number of hydrogen-bond donors (Lipinski definition) is 2. The van der Waals surface area contributed by atoms with Gasteiger partial charge in [0.25, 0.3) is 5.91 Å². The first kappa shape index (κ1) is 12.4. The molecule has 1 aromatic carbocycles. The van der Waals surface area contributed by atoms with Gasteiger partial charge in [0, 0.05) is 6.07 Å². The second kappa shape index (κ2) is 4.78. The molecule has 0 unspecified atom stereocenters. The number of nitrogens with two attached hydrogens (primary N) is 1. The molecule has 7 heteroatoms. The van der Waals surface area contributed by atoms with Gasteiger partial charge in [0.15, 0.2) is 11.5 Å². The first-order chi connectivity index (χ1) is 9.69. The normalized spacial score (nSPS) is 10.9. The van der Waals surface area contributed by atoms with Gasteiger partial charge in [-0.2, -0.15) is 0 Å². The van der Waals surface area contributed by atoms with Crippen molar-refractivity contribution in [2.45, 2.75) is 13.5 Å². The second-order valence-corrected chi connectivity index (χ2v) is 4.39. The molecule has 2 heterocycles. The van der Waals surface area contributed by atoms with Crippen molar-refractivity contribution in [1.82, 2.24) is 20.1 Å². The van der Waals surface area contributed by atoms with Crippen molar-refractivity contribution < 1.29 is 9.32 Å². The molecule has 0 aliphatic heterocycles. The largest absolute Gasteiger partial charge is 0.359 e. The van der Waals surface area contributed by atoms with E-state index < -0.39 is 5.91 Å². The lowest BCUT2D eigenvalue weighted by atomic mass is 10.3. The molecule has 0 aliphatic rings. The van der Waals surface area contributed by atoms with Gasteiger partial charge < -0.3 is 9.09 Å². The topological polar surface area (TPSA) is 99.0 Å². The summed E-state index contributed by atoms with van der Waals surface area (Å²) in [5, 5.41) is 3.68. The van der Waals surface area contributed by atoms with Crippen LogP contribution in [0.1, 0.15) is 22.1 Å². The molecule has 0 saturated heterocycles. The van der Waals surface area contributed by atoms with Crippen molar-refractivity contribution in [3.63, 3.8) is 0 Å². The van der Waals surface area contributed by atoms with Crippen LogP contribution in [-0.2, 0) is 6.54 Å². The van der Waals surface area contributed by atoms with Crippen LogP contribution in [-0.4, -0.2) is 20.6 Å². The minimum atomic E-state index is -0.479. The zero-order valence-electron chi connectivity index (χ0n) is 10.8. The summed E-state index contributed by atoms with van der Waals surface area (Å²) in [5.74, 6) is 6.00. The highest BCUT2D eigenvalue weighted by atomic mass is 16.5. The molecule has 2 aromatic heterocycles. The maximum absolute atomic E-state index is 11.3. The zero-order valence-corrected chi connectivity index (χ0v) is 10.8. The molecule has 0 atom stereocenters. The highest BCUT2D eigenvalue weighted by molar-refractivity contribution is 5.91. The number of rotatable bonds is 3. The summed E-state index contributed by atoms with van der Waals surface area (Å²) in [6.45, 7) is 2.38. The molecule has 0 aliphatic carbocycles. The van der Waals surface area contributed by atoms with Crippen LogP contribution in [0.15, 0.2) is 34.9 Å². The number of benzene rings is 1. The maximum atomic E-state index is 11.3. The van der Waals surface area contributed by atoms with Crippen LogP contribution in [0.3, 0.4) is 0 Å². The van der Waals surface area contributed by atoms with Gasteiger partial charge in [0.2, 0.25) is 0 Å². The molecule has 3 N–H and O–H groups in total. The third kappa shape index (κ3) is 2.04. The monoisotopic (exact) mass is 271 g/mol. The van der Waals surface area contributed by atoms with Crippen LogP contribution in [0, 0.1) is 6.92 Å². The van der Waals surface area contributed by atoms with E-state index in [-0.39, 0.29) is 5.69 Å². The lowest BCUT2D eigenvalue weighted by molar-refractivity contribution is 0.0944. The molecule has 0 bridgehead atoms. The van der Waals surface area contributed by atoms with Gasteiger partial charge in [-0.15, -0.1) is 0 Å². The molecule has 0 radical (unpaired) electrons. The quantitative estimate of drug-likeness (QED) is 0.420. The van der Waals surface area contributed by atoms with Gasteiger partial charge in [-0.25, -0.2) is 10.8 Å². The van der Waals surface area contributed by atoms with Gasteiger partial charge in [-0.1, -0.05) is 17.3 Å². The zero-order chi connectivity index (χ0) is 14.1. The van der Waals surface area contributed by atoms with E-state index in [4.69, 9.17) is 10.4 Å². The number of nitrogens with one attached hydrogen (secondary N) is 1. The van der Waals surface area contributed by atoms with Crippen LogP contribution in [0.2, 0.25) is 0 Å². The Bertz CT molecular complexity index is 774. The number of amides is 1. The van der Waals surface area contributed by atoms with Crippen molar-refractivity contribution in [1.29, 1.82) is 0 Å². The Kier molecular flexibility index (Phi) is 2.96. The summed E-state index contributed by atoms with van der Waals surface area (Å²) in [5.41, 5.74) is 4.10. The lowest BCUT2D eigenvalue weighted by Crippen LogP contribution is -2.30. The molecule has 102 valence electrons. The van der Waals surface area contributed by atoms with E-state index in [1.807, 2.05) is 41.2 Å². The third-order valence-electron chi connectivity index (χ3n) is 3.08. The van der Waals surface area contributed by atoms with Crippen LogP contribution in [0.4, 0.5) is 0 Å². The molecular formula is C13H13N5O2. The molecule has 3 rings (SSSR count). The molecule has 3 aromatic rings. The Labute approximate surface area is 114 Å². The summed E-state index contributed by atoms with van der Waals surface area (Å²) in [7, 11) is 0. The van der Waals surface area contributed by atoms with E-state index in [9.17, 15) is 4.79 Å². The van der Waals surface area contributed by atoms with Crippen molar-refractivity contribution >= 4 is 16.9 Å². The Morgan fingerprint density at radius 2 is 2.25 bits per heavy atom. The third-order valence-corrected chi connectivity index (χ3v) is 3.08. The predicted molar refractivity (Wildman–Crippen MR) is 71.7 cm³/mol. The number of fused-ring (bicyclic) bond motifs is 1. The lowest BCUT2D eigenvalue weighted by Gasteiger charge is -2.02. The van der Waals surface area contributed by atoms with Crippen LogP contribution < -0.4 is 11.3 Å². The minimum absolute atomic E-state index is 0.157. The fourth-order valence-electron chi connectivity index (χ4n) is 2.12. The smallest absolute Gasteiger partial charge is 0.287 e. The van der Waals surface area contributed by atoms with Crippen LogP contribution in [0.25, 0.3) is 11.0 Å². The number of aromatic nitrogens is 3. The average Bonchev–Trinajstić information content (AvgIpc) is 3.04. The van der Waals surface area contributed by atoms with Gasteiger partial charge in [-0.3, -0.25) is 10.2 Å². The summed E-state index contributed by atoms with van der Waals surface area (Å²) < 4.78 is 7.15. The SMILES string of the molecule is Cc1nc2ccccc2n1Cc1cc(C(=O)NN)no1. The molecule has 0 spiro atoms. The van der Waals surface area contributed by atoms with Crippen LogP contribution in [0.5, 0.6) is 0 Å².